The predicted octanol–water partition coefficient (Wildman–Crippen LogP) is 1.18. The first kappa shape index (κ1) is 16.1. The van der Waals surface area contributed by atoms with Gasteiger partial charge in [0.05, 0.1) is 24.3 Å². The Morgan fingerprint density at radius 3 is 2.15 bits per heavy atom. The summed E-state index contributed by atoms with van der Waals surface area (Å²) < 4.78 is 39.9. The molecule has 0 saturated heterocycles. The largest absolute Gasteiger partial charge is 0.466 e. The quantitative estimate of drug-likeness (QED) is 0.477. The number of ether oxygens (including phenoxy) is 2. The second-order valence-electron chi connectivity index (χ2n) is 3.73. The third-order valence-corrected chi connectivity index (χ3v) is 3.06. The Morgan fingerprint density at radius 1 is 1.10 bits per heavy atom. The van der Waals surface area contributed by atoms with Crippen molar-refractivity contribution in [2.24, 2.45) is 0 Å². The maximum absolute atomic E-state index is 11.4. The van der Waals surface area contributed by atoms with Crippen LogP contribution in [0.5, 0.6) is 5.75 Å². The molecule has 0 aliphatic rings. The van der Waals surface area contributed by atoms with Crippen LogP contribution < -0.4 is 4.74 Å². The van der Waals surface area contributed by atoms with Gasteiger partial charge in [0.1, 0.15) is 5.75 Å². The topological polar surface area (TPSA) is 107 Å². The minimum atomic E-state index is -4.28. The third kappa shape index (κ3) is 5.37. The Morgan fingerprint density at radius 2 is 1.65 bits per heavy atom. The zero-order valence-electron chi connectivity index (χ0n) is 10.7. The van der Waals surface area contributed by atoms with Crippen molar-refractivity contribution in [3.63, 3.8) is 0 Å². The Balaban J connectivity index is 2.53. The highest BCUT2D eigenvalue weighted by molar-refractivity contribution is 7.85. The number of carbonyl (C=O) groups excluding carboxylic acids is 2. The number of hydrogen-bond donors (Lipinski definition) is 1. The van der Waals surface area contributed by atoms with E-state index in [0.717, 1.165) is 12.1 Å². The fourth-order valence-corrected chi connectivity index (χ4v) is 1.78. The molecule has 0 spiro atoms. The molecule has 0 unspecified atom stereocenters. The summed E-state index contributed by atoms with van der Waals surface area (Å²) in [6.07, 6.45) is -0.228. The maximum atomic E-state index is 11.4. The van der Waals surface area contributed by atoms with Gasteiger partial charge in [0.25, 0.3) is 10.1 Å². The van der Waals surface area contributed by atoms with E-state index >= 15 is 0 Å². The normalized spacial score (nSPS) is 10.9. The van der Waals surface area contributed by atoms with E-state index in [1.807, 2.05) is 0 Å². The summed E-state index contributed by atoms with van der Waals surface area (Å²) >= 11 is 0. The molecule has 1 aromatic rings. The van der Waals surface area contributed by atoms with Crippen LogP contribution in [0, 0.1) is 0 Å². The lowest BCUT2D eigenvalue weighted by Crippen LogP contribution is -2.12. The predicted molar refractivity (Wildman–Crippen MR) is 67.8 cm³/mol. The Kier molecular flexibility index (Phi) is 5.66. The van der Waals surface area contributed by atoms with E-state index < -0.39 is 22.1 Å². The second kappa shape index (κ2) is 7.01. The highest BCUT2D eigenvalue weighted by atomic mass is 32.2. The molecule has 0 bridgehead atoms. The van der Waals surface area contributed by atoms with E-state index in [-0.39, 0.29) is 30.1 Å². The number of benzene rings is 1. The first-order valence-corrected chi connectivity index (χ1v) is 7.20. The maximum Gasteiger partial charge on any atom is 0.311 e. The molecular formula is C12H14O7S. The van der Waals surface area contributed by atoms with Crippen LogP contribution in [0.3, 0.4) is 0 Å². The number of carbonyl (C=O) groups is 2. The summed E-state index contributed by atoms with van der Waals surface area (Å²) in [6, 6.07) is 4.66. The molecule has 110 valence electrons. The molecule has 7 nitrogen and oxygen atoms in total. The van der Waals surface area contributed by atoms with Crippen LogP contribution in [0.4, 0.5) is 0 Å². The van der Waals surface area contributed by atoms with Crippen molar-refractivity contribution in [2.45, 2.75) is 24.7 Å². The van der Waals surface area contributed by atoms with Gasteiger partial charge in [-0.25, -0.2) is 0 Å². The molecular weight excluding hydrogens is 288 g/mol. The van der Waals surface area contributed by atoms with E-state index in [9.17, 15) is 18.0 Å². The smallest absolute Gasteiger partial charge is 0.311 e. The summed E-state index contributed by atoms with van der Waals surface area (Å²) in [5.74, 6) is -1.02. The van der Waals surface area contributed by atoms with Gasteiger partial charge in [-0.05, 0) is 31.2 Å². The average molecular weight is 302 g/mol. The van der Waals surface area contributed by atoms with Gasteiger partial charge in [-0.1, -0.05) is 0 Å². The van der Waals surface area contributed by atoms with Crippen LogP contribution in [0.25, 0.3) is 0 Å². The lowest BCUT2D eigenvalue weighted by atomic mass is 10.3. The van der Waals surface area contributed by atoms with Crippen LogP contribution >= 0.6 is 0 Å². The van der Waals surface area contributed by atoms with Crippen LogP contribution in [0.15, 0.2) is 29.2 Å². The zero-order chi connectivity index (χ0) is 15.2. The molecule has 0 radical (unpaired) electrons. The second-order valence-corrected chi connectivity index (χ2v) is 5.15. The number of hydrogen-bond acceptors (Lipinski definition) is 6. The molecule has 0 atom stereocenters. The first-order chi connectivity index (χ1) is 9.32. The monoisotopic (exact) mass is 302 g/mol. The van der Waals surface area contributed by atoms with Crippen molar-refractivity contribution in [3.05, 3.63) is 24.3 Å². The van der Waals surface area contributed by atoms with E-state index in [2.05, 4.69) is 4.74 Å². The van der Waals surface area contributed by atoms with Gasteiger partial charge in [0.15, 0.2) is 0 Å². The molecule has 20 heavy (non-hydrogen) atoms. The van der Waals surface area contributed by atoms with Crippen molar-refractivity contribution in [1.29, 1.82) is 0 Å². The molecule has 1 rings (SSSR count). The first-order valence-electron chi connectivity index (χ1n) is 5.76. The third-order valence-electron chi connectivity index (χ3n) is 2.19. The lowest BCUT2D eigenvalue weighted by molar-refractivity contribution is -0.146. The van der Waals surface area contributed by atoms with Gasteiger partial charge in [-0.15, -0.1) is 0 Å². The highest BCUT2D eigenvalue weighted by Gasteiger charge is 2.12. The number of rotatable bonds is 6. The van der Waals surface area contributed by atoms with Gasteiger partial charge < -0.3 is 9.47 Å². The summed E-state index contributed by atoms with van der Waals surface area (Å²) in [6.45, 7) is 1.90. The van der Waals surface area contributed by atoms with E-state index in [0.29, 0.717) is 0 Å². The molecule has 1 aromatic carbocycles. The number of esters is 2. The molecule has 0 amide bonds. The standard InChI is InChI=1S/C12H14O7S/c1-2-18-11(13)7-8-12(14)19-9-3-5-10(6-4-9)20(15,16)17/h3-6H,2,7-8H2,1H3,(H,15,16,17). The highest BCUT2D eigenvalue weighted by Crippen LogP contribution is 2.16. The lowest BCUT2D eigenvalue weighted by Gasteiger charge is -2.05. The van der Waals surface area contributed by atoms with Crippen LogP contribution in [0.1, 0.15) is 19.8 Å². The molecule has 0 aliphatic heterocycles. The minimum absolute atomic E-state index is 0.0875. The SMILES string of the molecule is CCOC(=O)CCC(=O)Oc1ccc(S(=O)(=O)O)cc1. The minimum Gasteiger partial charge on any atom is -0.466 e. The summed E-state index contributed by atoms with van der Waals surface area (Å²) in [7, 11) is -4.28. The Hall–Kier alpha value is -1.93. The van der Waals surface area contributed by atoms with Crippen LogP contribution in [-0.2, 0) is 24.4 Å². The molecule has 8 heteroatoms. The van der Waals surface area contributed by atoms with Gasteiger partial charge in [0.2, 0.25) is 0 Å². The molecule has 1 N–H and O–H groups in total. The Bertz CT molecular complexity index is 574. The summed E-state index contributed by atoms with van der Waals surface area (Å²) in [4.78, 5) is 22.1. The summed E-state index contributed by atoms with van der Waals surface area (Å²) in [5.41, 5.74) is 0. The average Bonchev–Trinajstić information content (AvgIpc) is 2.36. The van der Waals surface area contributed by atoms with Crippen molar-refractivity contribution in [3.8, 4) is 5.75 Å². The van der Waals surface area contributed by atoms with E-state index in [1.165, 1.54) is 12.1 Å². The molecule has 0 aliphatic carbocycles. The molecule has 0 saturated carbocycles. The van der Waals surface area contributed by atoms with Crippen molar-refractivity contribution < 1.29 is 32.0 Å². The fourth-order valence-electron chi connectivity index (χ4n) is 1.30. The van der Waals surface area contributed by atoms with Gasteiger partial charge in [-0.2, -0.15) is 8.42 Å². The van der Waals surface area contributed by atoms with Crippen molar-refractivity contribution >= 4 is 22.1 Å². The van der Waals surface area contributed by atoms with E-state index in [1.54, 1.807) is 6.92 Å². The van der Waals surface area contributed by atoms with Gasteiger partial charge >= 0.3 is 11.9 Å². The summed E-state index contributed by atoms with van der Waals surface area (Å²) in [5, 5.41) is 0. The van der Waals surface area contributed by atoms with Gasteiger partial charge in [0, 0.05) is 0 Å². The van der Waals surface area contributed by atoms with Crippen molar-refractivity contribution in [2.75, 3.05) is 6.61 Å². The fraction of sp³-hybridized carbons (Fsp3) is 0.333. The zero-order valence-corrected chi connectivity index (χ0v) is 11.6. The molecule has 0 aromatic heterocycles. The molecule has 0 fully saturated rings. The van der Waals surface area contributed by atoms with E-state index in [4.69, 9.17) is 9.29 Å². The van der Waals surface area contributed by atoms with Crippen LogP contribution in [0.2, 0.25) is 0 Å². The van der Waals surface area contributed by atoms with Gasteiger partial charge in [-0.3, -0.25) is 14.1 Å². The van der Waals surface area contributed by atoms with Crippen LogP contribution in [-0.4, -0.2) is 31.5 Å². The molecule has 0 heterocycles. The van der Waals surface area contributed by atoms with Crippen molar-refractivity contribution in [1.82, 2.24) is 0 Å². The Labute approximate surface area is 116 Å².